The van der Waals surface area contributed by atoms with Crippen molar-refractivity contribution in [2.24, 2.45) is 0 Å². The Morgan fingerprint density at radius 2 is 2.22 bits per heavy atom. The van der Waals surface area contributed by atoms with E-state index in [-0.39, 0.29) is 10.9 Å². The monoisotopic (exact) mass is 244 g/mol. The lowest BCUT2D eigenvalue weighted by molar-refractivity contribution is 0.629. The molecular formula is C12H9FN4O. The summed E-state index contributed by atoms with van der Waals surface area (Å²) < 4.78 is 13.0. The van der Waals surface area contributed by atoms with Crippen LogP contribution in [0.25, 0.3) is 10.9 Å². The molecule has 3 aromatic rings. The lowest BCUT2D eigenvalue weighted by Gasteiger charge is -2.01. The third kappa shape index (κ3) is 1.88. The van der Waals surface area contributed by atoms with Gasteiger partial charge in [0.05, 0.1) is 17.2 Å². The molecular weight excluding hydrogens is 235 g/mol. The fourth-order valence-electron chi connectivity index (χ4n) is 1.80. The van der Waals surface area contributed by atoms with Crippen LogP contribution in [0.4, 0.5) is 4.39 Å². The van der Waals surface area contributed by atoms with Crippen molar-refractivity contribution in [3.63, 3.8) is 0 Å². The molecule has 1 aromatic carbocycles. The Morgan fingerprint density at radius 3 is 3.00 bits per heavy atom. The molecule has 2 aromatic heterocycles. The molecule has 5 nitrogen and oxygen atoms in total. The number of nitrogens with zero attached hydrogens (tertiary/aromatic N) is 2. The average Bonchev–Trinajstić information content (AvgIpc) is 2.83. The predicted octanol–water partition coefficient (Wildman–Crippen LogP) is 1.38. The molecule has 0 spiro atoms. The average molecular weight is 244 g/mol. The van der Waals surface area contributed by atoms with Crippen molar-refractivity contribution >= 4 is 10.9 Å². The highest BCUT2D eigenvalue weighted by atomic mass is 19.1. The number of fused-ring (bicyclic) bond motifs is 1. The van der Waals surface area contributed by atoms with Gasteiger partial charge in [0.1, 0.15) is 11.6 Å². The Balaban J connectivity index is 2.10. The van der Waals surface area contributed by atoms with E-state index >= 15 is 0 Å². The van der Waals surface area contributed by atoms with Crippen LogP contribution in [0, 0.1) is 5.82 Å². The first-order chi connectivity index (χ1) is 8.72. The van der Waals surface area contributed by atoms with E-state index in [1.54, 1.807) is 12.5 Å². The van der Waals surface area contributed by atoms with Crippen molar-refractivity contribution in [2.75, 3.05) is 0 Å². The number of aromatic nitrogens is 4. The summed E-state index contributed by atoms with van der Waals surface area (Å²) in [5.74, 6) is 0.0690. The predicted molar refractivity (Wildman–Crippen MR) is 63.7 cm³/mol. The van der Waals surface area contributed by atoms with Crippen molar-refractivity contribution in [3.05, 3.63) is 58.4 Å². The van der Waals surface area contributed by atoms with E-state index in [9.17, 15) is 9.18 Å². The number of hydrogen-bond acceptors (Lipinski definition) is 3. The molecule has 0 aliphatic rings. The highest BCUT2D eigenvalue weighted by Gasteiger charge is 2.06. The van der Waals surface area contributed by atoms with Crippen LogP contribution in [0.15, 0.2) is 35.5 Å². The summed E-state index contributed by atoms with van der Waals surface area (Å²) in [4.78, 5) is 25.5. The zero-order valence-electron chi connectivity index (χ0n) is 9.27. The van der Waals surface area contributed by atoms with E-state index in [0.717, 1.165) is 5.69 Å². The lowest BCUT2D eigenvalue weighted by Crippen LogP contribution is -2.12. The van der Waals surface area contributed by atoms with E-state index in [4.69, 9.17) is 0 Å². The van der Waals surface area contributed by atoms with Gasteiger partial charge in [-0.3, -0.25) is 4.79 Å². The highest BCUT2D eigenvalue weighted by Crippen LogP contribution is 2.10. The summed E-state index contributed by atoms with van der Waals surface area (Å²) >= 11 is 0. The molecule has 90 valence electrons. The maximum atomic E-state index is 13.0. The molecule has 0 bridgehead atoms. The van der Waals surface area contributed by atoms with Gasteiger partial charge >= 0.3 is 0 Å². The van der Waals surface area contributed by atoms with Crippen LogP contribution in [0.2, 0.25) is 0 Å². The second-order valence-electron chi connectivity index (χ2n) is 3.93. The molecule has 0 radical (unpaired) electrons. The molecule has 0 amide bonds. The zero-order valence-corrected chi connectivity index (χ0v) is 9.27. The number of aromatic amines is 2. The van der Waals surface area contributed by atoms with Crippen LogP contribution < -0.4 is 5.56 Å². The van der Waals surface area contributed by atoms with Gasteiger partial charge in [0, 0.05) is 18.3 Å². The second kappa shape index (κ2) is 4.06. The number of halogens is 1. The Morgan fingerprint density at radius 1 is 1.33 bits per heavy atom. The van der Waals surface area contributed by atoms with E-state index in [2.05, 4.69) is 19.9 Å². The van der Waals surface area contributed by atoms with Crippen molar-refractivity contribution in [2.45, 2.75) is 6.42 Å². The molecule has 0 saturated carbocycles. The van der Waals surface area contributed by atoms with Crippen LogP contribution in [0.1, 0.15) is 11.5 Å². The van der Waals surface area contributed by atoms with E-state index in [1.807, 2.05) is 0 Å². The van der Waals surface area contributed by atoms with E-state index in [0.29, 0.717) is 17.8 Å². The smallest absolute Gasteiger partial charge is 0.258 e. The molecule has 0 aliphatic carbocycles. The number of imidazole rings is 1. The standard InChI is InChI=1S/C12H9FN4O/c13-7-1-2-10-9(3-7)12(18)17-11(16-10)4-8-5-14-6-15-8/h1-3,5-6H,4H2,(H,14,15)(H,16,17,18). The van der Waals surface area contributed by atoms with Gasteiger partial charge in [-0.2, -0.15) is 0 Å². The second-order valence-corrected chi connectivity index (χ2v) is 3.93. The van der Waals surface area contributed by atoms with Gasteiger partial charge < -0.3 is 9.97 Å². The third-order valence-corrected chi connectivity index (χ3v) is 2.63. The zero-order chi connectivity index (χ0) is 12.5. The first-order valence-corrected chi connectivity index (χ1v) is 5.38. The topological polar surface area (TPSA) is 74.4 Å². The normalized spacial score (nSPS) is 10.9. The number of benzene rings is 1. The lowest BCUT2D eigenvalue weighted by atomic mass is 10.2. The minimum absolute atomic E-state index is 0.253. The summed E-state index contributed by atoms with van der Waals surface area (Å²) in [6.45, 7) is 0. The highest BCUT2D eigenvalue weighted by molar-refractivity contribution is 5.77. The molecule has 3 rings (SSSR count). The van der Waals surface area contributed by atoms with E-state index < -0.39 is 5.82 Å². The summed E-state index contributed by atoms with van der Waals surface area (Å²) in [6.07, 6.45) is 3.67. The number of H-pyrrole nitrogens is 2. The third-order valence-electron chi connectivity index (χ3n) is 2.63. The number of hydrogen-bond donors (Lipinski definition) is 2. The summed E-state index contributed by atoms with van der Waals surface area (Å²) in [6, 6.07) is 3.96. The molecule has 0 unspecified atom stereocenters. The molecule has 6 heteroatoms. The first-order valence-electron chi connectivity index (χ1n) is 5.38. The van der Waals surface area contributed by atoms with Gasteiger partial charge in [0.15, 0.2) is 0 Å². The summed E-state index contributed by atoms with van der Waals surface area (Å²) in [5, 5.41) is 0.253. The summed E-state index contributed by atoms with van der Waals surface area (Å²) in [5.41, 5.74) is 0.989. The largest absolute Gasteiger partial charge is 0.348 e. The molecule has 0 fully saturated rings. The van der Waals surface area contributed by atoms with E-state index in [1.165, 1.54) is 18.2 Å². The molecule has 0 atom stereocenters. The van der Waals surface area contributed by atoms with Crippen LogP contribution in [0.3, 0.4) is 0 Å². The molecule has 18 heavy (non-hydrogen) atoms. The Kier molecular flexibility index (Phi) is 2.40. The minimum Gasteiger partial charge on any atom is -0.348 e. The number of rotatable bonds is 2. The van der Waals surface area contributed by atoms with Crippen molar-refractivity contribution in [3.8, 4) is 0 Å². The first kappa shape index (κ1) is 10.6. The van der Waals surface area contributed by atoms with Crippen molar-refractivity contribution in [1.29, 1.82) is 0 Å². The maximum absolute atomic E-state index is 13.0. The van der Waals surface area contributed by atoms with Crippen LogP contribution >= 0.6 is 0 Å². The summed E-state index contributed by atoms with van der Waals surface area (Å²) in [7, 11) is 0. The SMILES string of the molecule is O=c1[nH]c(Cc2cnc[nH]2)nc2ccc(F)cc12. The molecule has 0 saturated heterocycles. The fraction of sp³-hybridized carbons (Fsp3) is 0.0833. The van der Waals surface area contributed by atoms with Crippen molar-refractivity contribution < 1.29 is 4.39 Å². The molecule has 0 aliphatic heterocycles. The van der Waals surface area contributed by atoms with Gasteiger partial charge in [-0.15, -0.1) is 0 Å². The quantitative estimate of drug-likeness (QED) is 0.715. The Labute approximate surface area is 101 Å². The van der Waals surface area contributed by atoms with Gasteiger partial charge in [0.2, 0.25) is 0 Å². The molecule has 2 N–H and O–H groups in total. The van der Waals surface area contributed by atoms with Gasteiger partial charge in [-0.25, -0.2) is 14.4 Å². The minimum atomic E-state index is -0.448. The maximum Gasteiger partial charge on any atom is 0.258 e. The van der Waals surface area contributed by atoms with Gasteiger partial charge in [-0.1, -0.05) is 0 Å². The van der Waals surface area contributed by atoms with Crippen LogP contribution in [-0.2, 0) is 6.42 Å². The van der Waals surface area contributed by atoms with Crippen molar-refractivity contribution in [1.82, 2.24) is 19.9 Å². The van der Waals surface area contributed by atoms with Gasteiger partial charge in [-0.05, 0) is 18.2 Å². The Hall–Kier alpha value is -2.50. The number of nitrogens with one attached hydrogen (secondary N) is 2. The Bertz CT molecular complexity index is 748. The molecule has 2 heterocycles. The van der Waals surface area contributed by atoms with Crippen LogP contribution in [-0.4, -0.2) is 19.9 Å². The van der Waals surface area contributed by atoms with Crippen LogP contribution in [0.5, 0.6) is 0 Å². The fourth-order valence-corrected chi connectivity index (χ4v) is 1.80. The van der Waals surface area contributed by atoms with Gasteiger partial charge in [0.25, 0.3) is 5.56 Å².